The summed E-state index contributed by atoms with van der Waals surface area (Å²) in [5.74, 6) is 0.717. The van der Waals surface area contributed by atoms with Gasteiger partial charge in [-0.1, -0.05) is 31.2 Å². The van der Waals surface area contributed by atoms with E-state index in [1.807, 2.05) is 0 Å². The summed E-state index contributed by atoms with van der Waals surface area (Å²) in [5, 5.41) is 0. The minimum atomic E-state index is 0.717. The highest BCUT2D eigenvalue weighted by atomic mass is 15.1. The topological polar surface area (TPSA) is 3.24 Å². The molecule has 0 bridgehead atoms. The van der Waals surface area contributed by atoms with Gasteiger partial charge in [0.2, 0.25) is 0 Å². The second-order valence-electron chi connectivity index (χ2n) is 4.46. The van der Waals surface area contributed by atoms with Crippen molar-refractivity contribution in [1.29, 1.82) is 0 Å². The van der Waals surface area contributed by atoms with Gasteiger partial charge in [0.25, 0.3) is 0 Å². The summed E-state index contributed by atoms with van der Waals surface area (Å²) in [6.07, 6.45) is 11.4. The molecule has 1 aliphatic carbocycles. The lowest BCUT2D eigenvalue weighted by atomic mass is 9.87. The van der Waals surface area contributed by atoms with Crippen LogP contribution in [-0.2, 0) is 0 Å². The van der Waals surface area contributed by atoms with E-state index in [1.54, 1.807) is 11.1 Å². The van der Waals surface area contributed by atoms with Crippen LogP contribution < -0.4 is 0 Å². The van der Waals surface area contributed by atoms with Crippen LogP contribution >= 0.6 is 0 Å². The fourth-order valence-electron chi connectivity index (χ4n) is 2.28. The van der Waals surface area contributed by atoms with Gasteiger partial charge in [0.15, 0.2) is 0 Å². The van der Waals surface area contributed by atoms with Crippen molar-refractivity contribution in [3.8, 4) is 0 Å². The predicted octanol–water partition coefficient (Wildman–Crippen LogP) is 2.77. The van der Waals surface area contributed by atoms with Crippen molar-refractivity contribution >= 4 is 0 Å². The zero-order chi connectivity index (χ0) is 9.97. The maximum absolute atomic E-state index is 2.43. The van der Waals surface area contributed by atoms with E-state index in [-0.39, 0.29) is 0 Å². The van der Waals surface area contributed by atoms with Gasteiger partial charge < -0.3 is 4.90 Å². The molecule has 0 saturated heterocycles. The molecule has 0 spiro atoms. The van der Waals surface area contributed by atoms with Crippen LogP contribution in [0.1, 0.15) is 19.8 Å². The molecule has 2 aliphatic rings. The van der Waals surface area contributed by atoms with Gasteiger partial charge in [-0.15, -0.1) is 0 Å². The predicted molar refractivity (Wildman–Crippen MR) is 61.2 cm³/mol. The Morgan fingerprint density at radius 2 is 2.21 bits per heavy atom. The summed E-state index contributed by atoms with van der Waals surface area (Å²) in [6, 6.07) is 0. The highest BCUT2D eigenvalue weighted by Crippen LogP contribution is 2.27. The summed E-state index contributed by atoms with van der Waals surface area (Å²) in [6.45, 7) is 4.71. The largest absolute Gasteiger partial charge is 0.302 e. The van der Waals surface area contributed by atoms with Crippen molar-refractivity contribution in [1.82, 2.24) is 4.90 Å². The van der Waals surface area contributed by atoms with Gasteiger partial charge >= 0.3 is 0 Å². The highest BCUT2D eigenvalue weighted by Gasteiger charge is 2.19. The molecule has 0 N–H and O–H groups in total. The maximum Gasteiger partial charge on any atom is 0.0198 e. The fourth-order valence-corrected chi connectivity index (χ4v) is 2.28. The normalized spacial score (nSPS) is 28.6. The molecule has 0 aromatic rings. The molecule has 1 unspecified atom stereocenters. The summed E-state index contributed by atoms with van der Waals surface area (Å²) in [4.78, 5) is 2.43. The molecule has 0 saturated carbocycles. The van der Waals surface area contributed by atoms with Gasteiger partial charge in [-0.2, -0.15) is 0 Å². The van der Waals surface area contributed by atoms with Gasteiger partial charge in [0.1, 0.15) is 0 Å². The molecule has 76 valence electrons. The van der Waals surface area contributed by atoms with Crippen molar-refractivity contribution in [2.24, 2.45) is 5.92 Å². The zero-order valence-corrected chi connectivity index (χ0v) is 9.16. The second kappa shape index (κ2) is 4.14. The summed E-state index contributed by atoms with van der Waals surface area (Å²) < 4.78 is 0. The first kappa shape index (κ1) is 9.72. The Bertz CT molecular complexity index is 296. The van der Waals surface area contributed by atoms with Crippen molar-refractivity contribution in [3.63, 3.8) is 0 Å². The molecule has 1 heterocycles. The second-order valence-corrected chi connectivity index (χ2v) is 4.46. The number of allylic oxidation sites excluding steroid dienone is 4. The lowest BCUT2D eigenvalue weighted by Gasteiger charge is -2.30. The van der Waals surface area contributed by atoms with Gasteiger partial charge in [0, 0.05) is 13.1 Å². The number of hydrogen-bond donors (Lipinski definition) is 0. The Kier molecular flexibility index (Phi) is 2.87. The van der Waals surface area contributed by atoms with E-state index < -0.39 is 0 Å². The first-order chi connectivity index (χ1) is 6.77. The molecule has 0 fully saturated rings. The molecule has 0 aromatic carbocycles. The Labute approximate surface area is 86.8 Å². The summed E-state index contributed by atoms with van der Waals surface area (Å²) in [7, 11) is 2.22. The molecular weight excluding hydrogens is 170 g/mol. The van der Waals surface area contributed by atoms with Crippen LogP contribution in [-0.4, -0.2) is 25.0 Å². The lowest BCUT2D eigenvalue weighted by Crippen LogP contribution is -2.30. The zero-order valence-electron chi connectivity index (χ0n) is 9.16. The summed E-state index contributed by atoms with van der Waals surface area (Å²) in [5.41, 5.74) is 3.24. The van der Waals surface area contributed by atoms with E-state index in [0.717, 1.165) is 6.54 Å². The van der Waals surface area contributed by atoms with E-state index in [9.17, 15) is 0 Å². The van der Waals surface area contributed by atoms with Crippen LogP contribution in [0, 0.1) is 5.92 Å². The number of hydrogen-bond acceptors (Lipinski definition) is 1. The third kappa shape index (κ3) is 1.98. The van der Waals surface area contributed by atoms with Crippen LogP contribution in [0.4, 0.5) is 0 Å². The van der Waals surface area contributed by atoms with Crippen LogP contribution in [0.2, 0.25) is 0 Å². The minimum absolute atomic E-state index is 0.717. The van der Waals surface area contributed by atoms with Gasteiger partial charge in [-0.05, 0) is 37.0 Å². The van der Waals surface area contributed by atoms with Crippen molar-refractivity contribution in [2.45, 2.75) is 19.8 Å². The molecular formula is C13H19N. The molecule has 0 radical (unpaired) electrons. The smallest absolute Gasteiger partial charge is 0.0198 e. The average Bonchev–Trinajstić information content (AvgIpc) is 2.16. The van der Waals surface area contributed by atoms with Crippen LogP contribution in [0.15, 0.2) is 35.5 Å². The van der Waals surface area contributed by atoms with E-state index in [0.29, 0.717) is 5.92 Å². The third-order valence-electron chi connectivity index (χ3n) is 3.24. The highest BCUT2D eigenvalue weighted by molar-refractivity contribution is 5.33. The molecule has 0 aromatic heterocycles. The van der Waals surface area contributed by atoms with Gasteiger partial charge in [-0.25, -0.2) is 0 Å². The quantitative estimate of drug-likeness (QED) is 0.566. The maximum atomic E-state index is 2.43. The molecule has 1 heteroatoms. The monoisotopic (exact) mass is 189 g/mol. The first-order valence-corrected chi connectivity index (χ1v) is 5.51. The Balaban J connectivity index is 2.29. The lowest BCUT2D eigenvalue weighted by molar-refractivity contribution is 0.334. The van der Waals surface area contributed by atoms with Gasteiger partial charge in [-0.3, -0.25) is 0 Å². The van der Waals surface area contributed by atoms with E-state index in [2.05, 4.69) is 43.2 Å². The Morgan fingerprint density at radius 1 is 1.36 bits per heavy atom. The number of likely N-dealkylation sites (N-methyl/N-ethyl adjacent to an activating group) is 1. The van der Waals surface area contributed by atoms with E-state index >= 15 is 0 Å². The van der Waals surface area contributed by atoms with E-state index in [4.69, 9.17) is 0 Å². The fraction of sp³-hybridized carbons (Fsp3) is 0.538. The van der Waals surface area contributed by atoms with Crippen LogP contribution in [0.5, 0.6) is 0 Å². The molecule has 1 atom stereocenters. The first-order valence-electron chi connectivity index (χ1n) is 5.51. The van der Waals surface area contributed by atoms with Crippen LogP contribution in [0.25, 0.3) is 0 Å². The standard InChI is InChI=1S/C13H19N/c1-11-6-4-3-5-7-12-8-9-14(2)10-13(11)12/h3-5,7,11H,6,8-10H2,1-2H3. The molecule has 1 aliphatic heterocycles. The number of rotatable bonds is 0. The molecule has 2 rings (SSSR count). The van der Waals surface area contributed by atoms with Crippen molar-refractivity contribution in [3.05, 3.63) is 35.5 Å². The molecule has 0 amide bonds. The minimum Gasteiger partial charge on any atom is -0.302 e. The Morgan fingerprint density at radius 3 is 3.07 bits per heavy atom. The number of nitrogens with zero attached hydrogens (tertiary/aromatic N) is 1. The van der Waals surface area contributed by atoms with Crippen LogP contribution in [0.3, 0.4) is 0 Å². The molecule has 1 nitrogen and oxygen atoms in total. The average molecular weight is 189 g/mol. The SMILES string of the molecule is CC1CC=CC=CC2=C1CN(C)CC2. The molecule has 14 heavy (non-hydrogen) atoms. The third-order valence-corrected chi connectivity index (χ3v) is 3.24. The van der Waals surface area contributed by atoms with E-state index in [1.165, 1.54) is 19.4 Å². The van der Waals surface area contributed by atoms with Crippen molar-refractivity contribution < 1.29 is 0 Å². The van der Waals surface area contributed by atoms with Crippen molar-refractivity contribution in [2.75, 3.05) is 20.1 Å². The van der Waals surface area contributed by atoms with Gasteiger partial charge in [0.05, 0.1) is 0 Å². The summed E-state index contributed by atoms with van der Waals surface area (Å²) >= 11 is 0. The Hall–Kier alpha value is -0.820.